The highest BCUT2D eigenvalue weighted by Crippen LogP contribution is 2.24. The number of nitrogens with zero attached hydrogens (tertiary/aromatic N) is 4. The molecule has 1 N–H and O–H groups in total. The fourth-order valence-corrected chi connectivity index (χ4v) is 4.01. The fourth-order valence-electron chi connectivity index (χ4n) is 4.01. The maximum atomic E-state index is 12.6. The zero-order valence-corrected chi connectivity index (χ0v) is 19.4. The van der Waals surface area contributed by atoms with Gasteiger partial charge in [-0.3, -0.25) is 9.78 Å². The van der Waals surface area contributed by atoms with Crippen molar-refractivity contribution < 1.29 is 9.53 Å². The molecule has 2 aromatic carbocycles. The lowest BCUT2D eigenvalue weighted by atomic mass is 10.1. The van der Waals surface area contributed by atoms with E-state index >= 15 is 0 Å². The average Bonchev–Trinajstić information content (AvgIpc) is 3.37. The molecule has 1 saturated heterocycles. The van der Waals surface area contributed by atoms with E-state index in [9.17, 15) is 4.79 Å². The number of morpholine rings is 1. The van der Waals surface area contributed by atoms with Gasteiger partial charge >= 0.3 is 0 Å². The summed E-state index contributed by atoms with van der Waals surface area (Å²) in [6, 6.07) is 22.0. The highest BCUT2D eigenvalue weighted by molar-refractivity contribution is 5.92. The molecule has 4 aromatic rings. The van der Waals surface area contributed by atoms with Gasteiger partial charge in [0.15, 0.2) is 0 Å². The minimum absolute atomic E-state index is 0.160. The summed E-state index contributed by atoms with van der Waals surface area (Å²) in [5.74, 6) is -0.160. The summed E-state index contributed by atoms with van der Waals surface area (Å²) in [6.07, 6.45) is 8.77. The molecule has 2 aromatic heterocycles. The van der Waals surface area contributed by atoms with Gasteiger partial charge in [-0.25, -0.2) is 4.68 Å². The van der Waals surface area contributed by atoms with Crippen LogP contribution in [-0.2, 0) is 16.1 Å². The first-order valence-corrected chi connectivity index (χ1v) is 11.7. The number of rotatable bonds is 7. The number of nitrogens with one attached hydrogen (secondary N) is 1. The van der Waals surface area contributed by atoms with Gasteiger partial charge in [-0.05, 0) is 48.0 Å². The topological polar surface area (TPSA) is 72.3 Å². The van der Waals surface area contributed by atoms with E-state index in [2.05, 4.69) is 39.5 Å². The molecule has 7 heteroatoms. The Hall–Kier alpha value is -4.23. The number of carbonyl (C=O) groups excluding carboxylic acids is 1. The number of amides is 1. The number of pyridine rings is 1. The van der Waals surface area contributed by atoms with E-state index in [-0.39, 0.29) is 5.91 Å². The number of hydrogen-bond acceptors (Lipinski definition) is 5. The molecule has 0 unspecified atom stereocenters. The molecule has 0 atom stereocenters. The molecule has 1 amide bonds. The maximum absolute atomic E-state index is 12.6. The van der Waals surface area contributed by atoms with Gasteiger partial charge in [0.1, 0.15) is 5.69 Å². The Kier molecular flexibility index (Phi) is 6.96. The summed E-state index contributed by atoms with van der Waals surface area (Å²) < 4.78 is 7.23. The Morgan fingerprint density at radius 3 is 2.51 bits per heavy atom. The van der Waals surface area contributed by atoms with E-state index in [4.69, 9.17) is 9.84 Å². The van der Waals surface area contributed by atoms with Crippen LogP contribution >= 0.6 is 0 Å². The van der Waals surface area contributed by atoms with Crippen LogP contribution in [0, 0.1) is 0 Å². The van der Waals surface area contributed by atoms with Crippen molar-refractivity contribution in [3.63, 3.8) is 0 Å². The molecule has 1 aliphatic heterocycles. The number of hydrogen-bond donors (Lipinski definition) is 1. The minimum Gasteiger partial charge on any atom is -0.378 e. The molecule has 7 nitrogen and oxygen atoms in total. The maximum Gasteiger partial charge on any atom is 0.244 e. The molecule has 35 heavy (non-hydrogen) atoms. The van der Waals surface area contributed by atoms with E-state index in [0.717, 1.165) is 54.4 Å². The summed E-state index contributed by atoms with van der Waals surface area (Å²) in [4.78, 5) is 19.1. The van der Waals surface area contributed by atoms with E-state index in [1.165, 1.54) is 5.69 Å². The zero-order chi connectivity index (χ0) is 23.9. The van der Waals surface area contributed by atoms with Gasteiger partial charge in [-0.15, -0.1) is 0 Å². The van der Waals surface area contributed by atoms with Gasteiger partial charge in [-0.2, -0.15) is 5.10 Å². The second-order valence-electron chi connectivity index (χ2n) is 8.27. The van der Waals surface area contributed by atoms with E-state index < -0.39 is 0 Å². The van der Waals surface area contributed by atoms with Gasteiger partial charge in [0.05, 0.1) is 18.9 Å². The van der Waals surface area contributed by atoms with Crippen LogP contribution in [0.5, 0.6) is 0 Å². The summed E-state index contributed by atoms with van der Waals surface area (Å²) in [7, 11) is 0. The fraction of sp³-hybridized carbons (Fsp3) is 0.179. The minimum atomic E-state index is -0.160. The van der Waals surface area contributed by atoms with Gasteiger partial charge < -0.3 is 15.0 Å². The van der Waals surface area contributed by atoms with Crippen LogP contribution in [0.3, 0.4) is 0 Å². The predicted octanol–water partition coefficient (Wildman–Crippen LogP) is 4.10. The Bertz CT molecular complexity index is 1280. The van der Waals surface area contributed by atoms with Crippen LogP contribution in [0.25, 0.3) is 23.0 Å². The third-order valence-corrected chi connectivity index (χ3v) is 5.89. The Morgan fingerprint density at radius 2 is 1.77 bits per heavy atom. The number of ether oxygens (including phenoxy) is 1. The Balaban J connectivity index is 1.26. The van der Waals surface area contributed by atoms with Crippen molar-refractivity contribution in [2.24, 2.45) is 0 Å². The second-order valence-corrected chi connectivity index (χ2v) is 8.27. The number of para-hydroxylation sites is 1. The first kappa shape index (κ1) is 22.6. The monoisotopic (exact) mass is 465 g/mol. The molecule has 1 aliphatic rings. The summed E-state index contributed by atoms with van der Waals surface area (Å²) in [5.41, 5.74) is 5.68. The van der Waals surface area contributed by atoms with Crippen molar-refractivity contribution in [2.75, 3.05) is 31.2 Å². The molecule has 0 aliphatic carbocycles. The number of anilines is 1. The lowest BCUT2D eigenvalue weighted by Gasteiger charge is -2.28. The number of benzene rings is 2. The van der Waals surface area contributed by atoms with Crippen LogP contribution in [-0.4, -0.2) is 47.0 Å². The summed E-state index contributed by atoms with van der Waals surface area (Å²) >= 11 is 0. The van der Waals surface area contributed by atoms with Crippen LogP contribution in [0.4, 0.5) is 5.69 Å². The van der Waals surface area contributed by atoms with E-state index in [0.29, 0.717) is 6.54 Å². The van der Waals surface area contributed by atoms with Crippen molar-refractivity contribution in [1.82, 2.24) is 20.1 Å². The predicted molar refractivity (Wildman–Crippen MR) is 137 cm³/mol. The van der Waals surface area contributed by atoms with Crippen LogP contribution in [0.2, 0.25) is 0 Å². The largest absolute Gasteiger partial charge is 0.378 e. The van der Waals surface area contributed by atoms with Crippen LogP contribution in [0.15, 0.2) is 91.4 Å². The summed E-state index contributed by atoms with van der Waals surface area (Å²) in [5, 5.41) is 7.72. The lowest BCUT2D eigenvalue weighted by molar-refractivity contribution is -0.116. The molecule has 0 radical (unpaired) electrons. The molecule has 0 saturated carbocycles. The molecule has 3 heterocycles. The molecular formula is C28H27N5O2. The highest BCUT2D eigenvalue weighted by atomic mass is 16.5. The smallest absolute Gasteiger partial charge is 0.244 e. The van der Waals surface area contributed by atoms with Gasteiger partial charge in [0, 0.05) is 61.1 Å². The Labute approximate surface area is 204 Å². The normalized spacial score (nSPS) is 13.8. The number of aromatic nitrogens is 3. The molecule has 1 fully saturated rings. The van der Waals surface area contributed by atoms with Crippen molar-refractivity contribution in [3.05, 3.63) is 103 Å². The third kappa shape index (κ3) is 5.65. The van der Waals surface area contributed by atoms with Crippen LogP contribution < -0.4 is 10.2 Å². The molecule has 176 valence electrons. The van der Waals surface area contributed by atoms with Crippen molar-refractivity contribution in [1.29, 1.82) is 0 Å². The molecule has 5 rings (SSSR count). The van der Waals surface area contributed by atoms with Crippen molar-refractivity contribution in [3.8, 4) is 16.9 Å². The van der Waals surface area contributed by atoms with Crippen LogP contribution in [0.1, 0.15) is 11.1 Å². The quantitative estimate of drug-likeness (QED) is 0.416. The summed E-state index contributed by atoms with van der Waals surface area (Å²) in [6.45, 7) is 3.80. The van der Waals surface area contributed by atoms with Gasteiger partial charge in [0.2, 0.25) is 5.91 Å². The highest BCUT2D eigenvalue weighted by Gasteiger charge is 2.12. The molecule has 0 bridgehead atoms. The Morgan fingerprint density at radius 1 is 0.971 bits per heavy atom. The lowest BCUT2D eigenvalue weighted by Crippen LogP contribution is -2.36. The standard InChI is InChI=1S/C28H27N5O2/c34-27(30-19-22-8-11-25(12-9-22)32-15-17-35-18-16-32)13-10-24-21-33(26-6-2-1-3-7-26)31-28(24)23-5-4-14-29-20-23/h1-14,20-21H,15-19H2,(H,30,34)/b13-10+. The van der Waals surface area contributed by atoms with E-state index in [1.54, 1.807) is 24.5 Å². The average molecular weight is 466 g/mol. The first-order valence-electron chi connectivity index (χ1n) is 11.7. The third-order valence-electron chi connectivity index (χ3n) is 5.89. The molecular weight excluding hydrogens is 438 g/mol. The van der Waals surface area contributed by atoms with E-state index in [1.807, 2.05) is 53.3 Å². The molecule has 0 spiro atoms. The first-order chi connectivity index (χ1) is 17.3. The van der Waals surface area contributed by atoms with Crippen molar-refractivity contribution >= 4 is 17.7 Å². The van der Waals surface area contributed by atoms with Gasteiger partial charge in [-0.1, -0.05) is 30.3 Å². The van der Waals surface area contributed by atoms with Gasteiger partial charge in [0.25, 0.3) is 0 Å². The zero-order valence-electron chi connectivity index (χ0n) is 19.4. The second kappa shape index (κ2) is 10.8. The van der Waals surface area contributed by atoms with Crippen molar-refractivity contribution in [2.45, 2.75) is 6.54 Å². The SMILES string of the molecule is O=C(/C=C/c1cn(-c2ccccc2)nc1-c1cccnc1)NCc1ccc(N2CCOCC2)cc1. The number of carbonyl (C=O) groups is 1.